The highest BCUT2D eigenvalue weighted by molar-refractivity contribution is 6.08. The van der Waals surface area contributed by atoms with Gasteiger partial charge in [0.05, 0.1) is 19.8 Å². The number of ether oxygens (including phenoxy) is 2. The van der Waals surface area contributed by atoms with E-state index in [1.807, 2.05) is 24.3 Å². The van der Waals surface area contributed by atoms with Crippen LogP contribution in [0.1, 0.15) is 15.9 Å². The third kappa shape index (κ3) is 2.87. The second-order valence-corrected chi connectivity index (χ2v) is 5.57. The molecule has 1 atom stereocenters. The van der Waals surface area contributed by atoms with Crippen molar-refractivity contribution in [1.82, 2.24) is 0 Å². The van der Waals surface area contributed by atoms with Crippen molar-refractivity contribution >= 4 is 11.6 Å². The molecule has 1 heterocycles. The lowest BCUT2D eigenvalue weighted by molar-refractivity contribution is 0.0980. The van der Waals surface area contributed by atoms with Crippen LogP contribution in [0.2, 0.25) is 0 Å². The highest BCUT2D eigenvalue weighted by Crippen LogP contribution is 2.31. The van der Waals surface area contributed by atoms with Crippen molar-refractivity contribution in [2.24, 2.45) is 5.73 Å². The van der Waals surface area contributed by atoms with Gasteiger partial charge in [-0.15, -0.1) is 0 Å². The third-order valence-electron chi connectivity index (χ3n) is 4.06. The number of amides is 1. The highest BCUT2D eigenvalue weighted by atomic mass is 16.5. The summed E-state index contributed by atoms with van der Waals surface area (Å²) in [5, 5.41) is 0. The summed E-state index contributed by atoms with van der Waals surface area (Å²) in [6, 6.07) is 13.0. The maximum absolute atomic E-state index is 13.1. The van der Waals surface area contributed by atoms with Crippen LogP contribution in [0.4, 0.5) is 5.69 Å². The van der Waals surface area contributed by atoms with E-state index in [1.165, 1.54) is 0 Å². The summed E-state index contributed by atoms with van der Waals surface area (Å²) in [6.45, 7) is 0.482. The van der Waals surface area contributed by atoms with Crippen molar-refractivity contribution in [3.8, 4) is 11.5 Å². The molecule has 3 rings (SSSR count). The first-order valence-corrected chi connectivity index (χ1v) is 7.51. The van der Waals surface area contributed by atoms with Crippen LogP contribution in [0.3, 0.4) is 0 Å². The molecule has 0 aromatic heterocycles. The zero-order valence-electron chi connectivity index (χ0n) is 13.3. The van der Waals surface area contributed by atoms with Gasteiger partial charge in [-0.25, -0.2) is 0 Å². The van der Waals surface area contributed by atoms with Gasteiger partial charge >= 0.3 is 0 Å². The lowest BCUT2D eigenvalue weighted by Crippen LogP contribution is -2.46. The predicted octanol–water partition coefficient (Wildman–Crippen LogP) is 2.23. The minimum Gasteiger partial charge on any atom is -0.497 e. The van der Waals surface area contributed by atoms with Gasteiger partial charge in [0, 0.05) is 18.3 Å². The number of methoxy groups -OCH3 is 2. The SMILES string of the molecule is COc1ccc(OC)c(C(=O)N2CC(N)Cc3ccccc32)c1. The number of rotatable bonds is 3. The molecule has 0 fully saturated rings. The summed E-state index contributed by atoms with van der Waals surface area (Å²) in [5.41, 5.74) is 8.59. The van der Waals surface area contributed by atoms with Crippen LogP contribution in [0, 0.1) is 0 Å². The van der Waals surface area contributed by atoms with Gasteiger partial charge in [-0.05, 0) is 36.2 Å². The van der Waals surface area contributed by atoms with Gasteiger partial charge in [0.15, 0.2) is 0 Å². The van der Waals surface area contributed by atoms with Crippen LogP contribution in [-0.4, -0.2) is 32.7 Å². The molecule has 0 bridgehead atoms. The van der Waals surface area contributed by atoms with E-state index in [-0.39, 0.29) is 11.9 Å². The summed E-state index contributed by atoms with van der Waals surface area (Å²) in [6.07, 6.45) is 0.773. The fraction of sp³-hybridized carbons (Fsp3) is 0.278. The molecule has 5 nitrogen and oxygen atoms in total. The summed E-state index contributed by atoms with van der Waals surface area (Å²) >= 11 is 0. The Morgan fingerprint density at radius 1 is 1.17 bits per heavy atom. The van der Waals surface area contributed by atoms with E-state index in [4.69, 9.17) is 15.2 Å². The lowest BCUT2D eigenvalue weighted by Gasteiger charge is -2.33. The van der Waals surface area contributed by atoms with E-state index in [0.717, 1.165) is 17.7 Å². The van der Waals surface area contributed by atoms with Gasteiger partial charge in [-0.2, -0.15) is 0 Å². The van der Waals surface area contributed by atoms with Crippen LogP contribution in [0.5, 0.6) is 11.5 Å². The predicted molar refractivity (Wildman–Crippen MR) is 89.3 cm³/mol. The van der Waals surface area contributed by atoms with Crippen LogP contribution < -0.4 is 20.1 Å². The first kappa shape index (κ1) is 15.4. The molecular formula is C18H20N2O3. The number of hydrogen-bond acceptors (Lipinski definition) is 4. The zero-order chi connectivity index (χ0) is 16.4. The molecule has 5 heteroatoms. The largest absolute Gasteiger partial charge is 0.497 e. The van der Waals surface area contributed by atoms with E-state index >= 15 is 0 Å². The summed E-state index contributed by atoms with van der Waals surface area (Å²) < 4.78 is 10.6. The van der Waals surface area contributed by atoms with Crippen molar-refractivity contribution < 1.29 is 14.3 Å². The Kier molecular flexibility index (Phi) is 4.21. The molecule has 23 heavy (non-hydrogen) atoms. The van der Waals surface area contributed by atoms with Gasteiger partial charge in [0.1, 0.15) is 11.5 Å². The van der Waals surface area contributed by atoms with Crippen molar-refractivity contribution in [1.29, 1.82) is 0 Å². The molecule has 1 amide bonds. The Bertz CT molecular complexity index is 730. The number of hydrogen-bond donors (Lipinski definition) is 1. The maximum Gasteiger partial charge on any atom is 0.262 e. The summed E-state index contributed by atoms with van der Waals surface area (Å²) in [5.74, 6) is 1.000. The molecule has 2 aromatic carbocycles. The third-order valence-corrected chi connectivity index (χ3v) is 4.06. The standard InChI is InChI=1S/C18H20N2O3/c1-22-14-7-8-17(23-2)15(10-14)18(21)20-11-13(19)9-12-5-3-4-6-16(12)20/h3-8,10,13H,9,11,19H2,1-2H3. The molecular weight excluding hydrogens is 292 g/mol. The molecule has 1 aliphatic heterocycles. The molecule has 2 aromatic rings. The van der Waals surface area contributed by atoms with Crippen LogP contribution in [0.15, 0.2) is 42.5 Å². The zero-order valence-corrected chi connectivity index (χ0v) is 13.3. The van der Waals surface area contributed by atoms with Gasteiger partial charge in [0.25, 0.3) is 5.91 Å². The van der Waals surface area contributed by atoms with Crippen LogP contribution >= 0.6 is 0 Å². The van der Waals surface area contributed by atoms with Gasteiger partial charge < -0.3 is 20.1 Å². The lowest BCUT2D eigenvalue weighted by atomic mass is 9.97. The number of fused-ring (bicyclic) bond motifs is 1. The fourth-order valence-electron chi connectivity index (χ4n) is 2.95. The van der Waals surface area contributed by atoms with E-state index in [0.29, 0.717) is 23.6 Å². The second-order valence-electron chi connectivity index (χ2n) is 5.57. The molecule has 1 aliphatic rings. The smallest absolute Gasteiger partial charge is 0.262 e. The maximum atomic E-state index is 13.1. The van der Waals surface area contributed by atoms with Crippen molar-refractivity contribution in [3.63, 3.8) is 0 Å². The number of carbonyl (C=O) groups is 1. The van der Waals surface area contributed by atoms with Crippen molar-refractivity contribution in [3.05, 3.63) is 53.6 Å². The number of para-hydroxylation sites is 1. The Morgan fingerprint density at radius 3 is 2.70 bits per heavy atom. The fourth-order valence-corrected chi connectivity index (χ4v) is 2.95. The summed E-state index contributed by atoms with van der Waals surface area (Å²) in [7, 11) is 3.12. The minimum absolute atomic E-state index is 0.0783. The molecule has 120 valence electrons. The van der Waals surface area contributed by atoms with Crippen LogP contribution in [0.25, 0.3) is 0 Å². The topological polar surface area (TPSA) is 64.8 Å². The van der Waals surface area contributed by atoms with E-state index in [9.17, 15) is 4.79 Å². The average molecular weight is 312 g/mol. The Labute approximate surface area is 135 Å². The molecule has 0 saturated heterocycles. The van der Waals surface area contributed by atoms with Crippen LogP contribution in [-0.2, 0) is 6.42 Å². The molecule has 0 radical (unpaired) electrons. The van der Waals surface area contributed by atoms with E-state index in [2.05, 4.69) is 0 Å². The molecule has 2 N–H and O–H groups in total. The Hall–Kier alpha value is -2.53. The number of nitrogens with two attached hydrogens (primary N) is 1. The Balaban J connectivity index is 2.04. The number of nitrogens with zero attached hydrogens (tertiary/aromatic N) is 1. The number of carbonyl (C=O) groups excluding carboxylic acids is 1. The average Bonchev–Trinajstić information content (AvgIpc) is 2.59. The molecule has 1 unspecified atom stereocenters. The second kappa shape index (κ2) is 6.30. The quantitative estimate of drug-likeness (QED) is 0.944. The van der Waals surface area contributed by atoms with Crippen molar-refractivity contribution in [2.75, 3.05) is 25.7 Å². The van der Waals surface area contributed by atoms with E-state index in [1.54, 1.807) is 37.3 Å². The monoisotopic (exact) mass is 312 g/mol. The Morgan fingerprint density at radius 2 is 1.96 bits per heavy atom. The molecule has 0 aliphatic carbocycles. The first-order chi connectivity index (χ1) is 11.1. The minimum atomic E-state index is -0.136. The van der Waals surface area contributed by atoms with Crippen molar-refractivity contribution in [2.45, 2.75) is 12.5 Å². The number of benzene rings is 2. The summed E-state index contributed by atoms with van der Waals surface area (Å²) in [4.78, 5) is 14.8. The van der Waals surface area contributed by atoms with Gasteiger partial charge in [0.2, 0.25) is 0 Å². The van der Waals surface area contributed by atoms with Gasteiger partial charge in [-0.1, -0.05) is 18.2 Å². The number of anilines is 1. The van der Waals surface area contributed by atoms with E-state index < -0.39 is 0 Å². The normalized spacial score (nSPS) is 16.7. The molecule has 0 saturated carbocycles. The molecule has 0 spiro atoms. The first-order valence-electron chi connectivity index (χ1n) is 7.51. The highest BCUT2D eigenvalue weighted by Gasteiger charge is 2.29. The van der Waals surface area contributed by atoms with Gasteiger partial charge in [-0.3, -0.25) is 4.79 Å².